The van der Waals surface area contributed by atoms with Crippen molar-refractivity contribution in [2.24, 2.45) is 0 Å². The number of halogens is 2. The van der Waals surface area contributed by atoms with E-state index >= 15 is 0 Å². The number of thiocarbonyl (C=S) groups is 1. The monoisotopic (exact) mass is 498 g/mol. The van der Waals surface area contributed by atoms with Crippen molar-refractivity contribution < 1.29 is 19.1 Å². The molecule has 0 aliphatic carbocycles. The number of carbonyl (C=O) groups excluding carboxylic acids is 3. The van der Waals surface area contributed by atoms with E-state index < -0.39 is 11.8 Å². The second-order valence-electron chi connectivity index (χ2n) is 5.58. The molecule has 2 aromatic rings. The van der Waals surface area contributed by atoms with Crippen LogP contribution in [0.25, 0.3) is 0 Å². The molecule has 0 aromatic heterocycles. The number of benzene rings is 2. The van der Waals surface area contributed by atoms with E-state index in [4.69, 9.17) is 28.6 Å². The Morgan fingerprint density at radius 2 is 1.79 bits per heavy atom. The molecule has 2 aromatic carbocycles. The molecule has 0 radical (unpaired) electrons. The van der Waals surface area contributed by atoms with Crippen molar-refractivity contribution in [3.05, 3.63) is 57.5 Å². The van der Waals surface area contributed by atoms with Gasteiger partial charge < -0.3 is 10.1 Å². The minimum atomic E-state index is -0.532. The fourth-order valence-corrected chi connectivity index (χ4v) is 2.92. The Kier molecular flexibility index (Phi) is 8.37. The van der Waals surface area contributed by atoms with E-state index in [9.17, 15) is 14.4 Å². The number of hydrogen-bond acceptors (Lipinski definition) is 5. The number of ether oxygens (including phenoxy) is 1. The molecule has 8 nitrogen and oxygen atoms in total. The van der Waals surface area contributed by atoms with Gasteiger partial charge in [-0.1, -0.05) is 27.5 Å². The van der Waals surface area contributed by atoms with Crippen LogP contribution >= 0.6 is 39.7 Å². The Morgan fingerprint density at radius 1 is 1.10 bits per heavy atom. The van der Waals surface area contributed by atoms with Gasteiger partial charge in [0.1, 0.15) is 5.75 Å². The quantitative estimate of drug-likeness (QED) is 0.372. The zero-order valence-electron chi connectivity index (χ0n) is 15.0. The van der Waals surface area contributed by atoms with Crippen LogP contribution in [0.1, 0.15) is 17.3 Å². The predicted molar refractivity (Wildman–Crippen MR) is 117 cm³/mol. The number of anilines is 1. The van der Waals surface area contributed by atoms with Crippen LogP contribution in [0, 0.1) is 0 Å². The first-order valence-electron chi connectivity index (χ1n) is 8.10. The highest BCUT2D eigenvalue weighted by atomic mass is 79.9. The summed E-state index contributed by atoms with van der Waals surface area (Å²) in [5.41, 5.74) is 5.67. The van der Waals surface area contributed by atoms with Gasteiger partial charge in [0.2, 0.25) is 5.91 Å². The summed E-state index contributed by atoms with van der Waals surface area (Å²) in [7, 11) is 0. The Morgan fingerprint density at radius 3 is 2.41 bits per heavy atom. The molecule has 0 atom stereocenters. The zero-order chi connectivity index (χ0) is 21.4. The maximum Gasteiger partial charge on any atom is 0.269 e. The van der Waals surface area contributed by atoms with Crippen molar-refractivity contribution in [2.75, 3.05) is 11.9 Å². The third-order valence-corrected chi connectivity index (χ3v) is 4.26. The summed E-state index contributed by atoms with van der Waals surface area (Å²) >= 11 is 14.2. The predicted octanol–water partition coefficient (Wildman–Crippen LogP) is 2.78. The molecule has 0 aliphatic heterocycles. The third-order valence-electron chi connectivity index (χ3n) is 3.26. The summed E-state index contributed by atoms with van der Waals surface area (Å²) < 4.78 is 6.10. The number of hydrazine groups is 1. The molecule has 0 unspecified atom stereocenters. The molecule has 3 amide bonds. The van der Waals surface area contributed by atoms with E-state index in [0.717, 1.165) is 4.47 Å². The lowest BCUT2D eigenvalue weighted by molar-refractivity contribution is -0.121. The van der Waals surface area contributed by atoms with E-state index in [0.29, 0.717) is 22.0 Å². The normalized spacial score (nSPS) is 9.90. The molecule has 0 bridgehead atoms. The van der Waals surface area contributed by atoms with Crippen LogP contribution < -0.4 is 26.2 Å². The molecule has 0 fully saturated rings. The maximum absolute atomic E-state index is 12.1. The SMILES string of the molecule is CC(=O)Nc1ccc(C(=O)NNC(=S)NC(=O)COc2ccc(Br)cc2Cl)cc1. The molecular weight excluding hydrogens is 484 g/mol. The lowest BCUT2D eigenvalue weighted by Gasteiger charge is -2.12. The van der Waals surface area contributed by atoms with Crippen molar-refractivity contribution in [3.63, 3.8) is 0 Å². The molecule has 0 heterocycles. The Balaban J connectivity index is 1.76. The van der Waals surface area contributed by atoms with E-state index in [1.54, 1.807) is 30.3 Å². The topological polar surface area (TPSA) is 109 Å². The summed E-state index contributed by atoms with van der Waals surface area (Å²) in [5.74, 6) is -0.875. The lowest BCUT2D eigenvalue weighted by Crippen LogP contribution is -2.49. The molecule has 4 N–H and O–H groups in total. The van der Waals surface area contributed by atoms with Crippen LogP contribution in [0.3, 0.4) is 0 Å². The summed E-state index contributed by atoms with van der Waals surface area (Å²) in [4.78, 5) is 34.9. The smallest absolute Gasteiger partial charge is 0.269 e. The fourth-order valence-electron chi connectivity index (χ4n) is 2.02. The molecule has 0 saturated heterocycles. The van der Waals surface area contributed by atoms with Crippen LogP contribution in [-0.4, -0.2) is 29.4 Å². The Hall–Kier alpha value is -2.69. The highest BCUT2D eigenvalue weighted by Crippen LogP contribution is 2.27. The molecule has 0 spiro atoms. The number of carbonyl (C=O) groups is 3. The van der Waals surface area contributed by atoms with Gasteiger partial charge in [0, 0.05) is 22.6 Å². The van der Waals surface area contributed by atoms with Gasteiger partial charge in [-0.05, 0) is 54.7 Å². The summed E-state index contributed by atoms with van der Waals surface area (Å²) in [6.45, 7) is 1.07. The minimum absolute atomic E-state index is 0.108. The average molecular weight is 500 g/mol. The Labute approximate surface area is 185 Å². The summed E-state index contributed by atoms with van der Waals surface area (Å²) in [6.07, 6.45) is 0. The zero-order valence-corrected chi connectivity index (χ0v) is 18.2. The van der Waals surface area contributed by atoms with Gasteiger partial charge in [0.05, 0.1) is 5.02 Å². The number of hydrogen-bond donors (Lipinski definition) is 4. The van der Waals surface area contributed by atoms with Crippen molar-refractivity contribution in [2.45, 2.75) is 6.92 Å². The van der Waals surface area contributed by atoms with Gasteiger partial charge in [0.15, 0.2) is 11.7 Å². The summed E-state index contributed by atoms with van der Waals surface area (Å²) in [6, 6.07) is 11.2. The molecule has 2 rings (SSSR count). The number of amides is 3. The van der Waals surface area contributed by atoms with Gasteiger partial charge in [-0.25, -0.2) is 0 Å². The first kappa shape index (κ1) is 22.6. The molecular formula is C18H16BrClN4O4S. The molecule has 11 heteroatoms. The van der Waals surface area contributed by atoms with Gasteiger partial charge >= 0.3 is 0 Å². The molecule has 152 valence electrons. The van der Waals surface area contributed by atoms with Crippen molar-refractivity contribution in [3.8, 4) is 5.75 Å². The van der Waals surface area contributed by atoms with Crippen LogP contribution in [0.15, 0.2) is 46.9 Å². The van der Waals surface area contributed by atoms with E-state index in [1.807, 2.05) is 0 Å². The van der Waals surface area contributed by atoms with Gasteiger partial charge in [-0.15, -0.1) is 0 Å². The minimum Gasteiger partial charge on any atom is -0.482 e. The highest BCUT2D eigenvalue weighted by Gasteiger charge is 2.10. The summed E-state index contributed by atoms with van der Waals surface area (Å²) in [5, 5.41) is 5.20. The molecule has 0 saturated carbocycles. The second-order valence-corrected chi connectivity index (χ2v) is 7.31. The van der Waals surface area contributed by atoms with E-state index in [1.165, 1.54) is 19.1 Å². The van der Waals surface area contributed by atoms with Crippen molar-refractivity contribution in [1.82, 2.24) is 16.2 Å². The van der Waals surface area contributed by atoms with Crippen LogP contribution in [-0.2, 0) is 9.59 Å². The van der Waals surface area contributed by atoms with Gasteiger partial charge in [0.25, 0.3) is 11.8 Å². The molecule has 29 heavy (non-hydrogen) atoms. The average Bonchev–Trinajstić information content (AvgIpc) is 2.65. The number of nitrogens with one attached hydrogen (secondary N) is 4. The van der Waals surface area contributed by atoms with Gasteiger partial charge in [-0.2, -0.15) is 0 Å². The maximum atomic E-state index is 12.1. The third kappa shape index (κ3) is 7.68. The largest absolute Gasteiger partial charge is 0.482 e. The van der Waals surface area contributed by atoms with Crippen LogP contribution in [0.2, 0.25) is 5.02 Å². The van der Waals surface area contributed by atoms with Crippen molar-refractivity contribution in [1.29, 1.82) is 0 Å². The fraction of sp³-hybridized carbons (Fsp3) is 0.111. The standard InChI is InChI=1S/C18H16BrClN4O4S/c1-10(25)21-13-5-2-11(3-6-13)17(27)23-24-18(29)22-16(26)9-28-15-7-4-12(19)8-14(15)20/h2-8H,9H2,1H3,(H,21,25)(H,23,27)(H2,22,24,26,29). The molecule has 0 aliphatic rings. The van der Waals surface area contributed by atoms with Gasteiger partial charge in [-0.3, -0.25) is 30.6 Å². The second kappa shape index (κ2) is 10.7. The van der Waals surface area contributed by atoms with E-state index in [2.05, 4.69) is 37.4 Å². The van der Waals surface area contributed by atoms with E-state index in [-0.39, 0.29) is 17.6 Å². The first-order valence-corrected chi connectivity index (χ1v) is 9.68. The first-order chi connectivity index (χ1) is 13.7. The van der Waals surface area contributed by atoms with Crippen molar-refractivity contribution >= 4 is 68.3 Å². The highest BCUT2D eigenvalue weighted by molar-refractivity contribution is 9.10. The van der Waals surface area contributed by atoms with Crippen LogP contribution in [0.4, 0.5) is 5.69 Å². The number of rotatable bonds is 5. The Bertz CT molecular complexity index is 940. The lowest BCUT2D eigenvalue weighted by atomic mass is 10.2. The van der Waals surface area contributed by atoms with Crippen LogP contribution in [0.5, 0.6) is 5.75 Å².